The van der Waals surface area contributed by atoms with Gasteiger partial charge in [0.15, 0.2) is 0 Å². The Morgan fingerprint density at radius 2 is 1.89 bits per heavy atom. The van der Waals surface area contributed by atoms with Gasteiger partial charge in [-0.15, -0.1) is 0 Å². The van der Waals surface area contributed by atoms with Crippen molar-refractivity contribution >= 4 is 16.8 Å². The second kappa shape index (κ2) is 11.7. The fourth-order valence-corrected chi connectivity index (χ4v) is 6.17. The lowest BCUT2D eigenvalue weighted by molar-refractivity contribution is 0.0316. The van der Waals surface area contributed by atoms with Crippen LogP contribution in [0.2, 0.25) is 0 Å². The van der Waals surface area contributed by atoms with Gasteiger partial charge in [0.1, 0.15) is 0 Å². The van der Waals surface area contributed by atoms with Crippen LogP contribution in [0.1, 0.15) is 67.8 Å². The van der Waals surface area contributed by atoms with Gasteiger partial charge in [-0.1, -0.05) is 26.3 Å². The molecule has 0 spiro atoms. The van der Waals surface area contributed by atoms with Crippen molar-refractivity contribution in [2.75, 3.05) is 39.9 Å². The van der Waals surface area contributed by atoms with E-state index in [-0.39, 0.29) is 5.91 Å². The van der Waals surface area contributed by atoms with Crippen LogP contribution in [0.4, 0.5) is 0 Å². The molecule has 0 bridgehead atoms. The first-order valence-electron chi connectivity index (χ1n) is 13.9. The highest BCUT2D eigenvalue weighted by Crippen LogP contribution is 2.33. The van der Waals surface area contributed by atoms with Gasteiger partial charge in [-0.25, -0.2) is 4.98 Å². The summed E-state index contributed by atoms with van der Waals surface area (Å²) in [5, 5.41) is 0.930. The Bertz CT molecular complexity index is 1210. The van der Waals surface area contributed by atoms with E-state index in [0.29, 0.717) is 31.0 Å². The lowest BCUT2D eigenvalue weighted by Crippen LogP contribution is -2.52. The minimum absolute atomic E-state index is 0.0774. The monoisotopic (exact) mass is 500 g/mol. The number of benzene rings is 1. The summed E-state index contributed by atoms with van der Waals surface area (Å²) in [6.45, 7) is 8.68. The molecule has 4 heterocycles. The van der Waals surface area contributed by atoms with Crippen molar-refractivity contribution in [3.8, 4) is 11.3 Å². The molecule has 0 aliphatic carbocycles. The number of hydrogen-bond acceptors (Lipinski definition) is 5. The Morgan fingerprint density at radius 3 is 2.68 bits per heavy atom. The molecule has 2 aliphatic rings. The zero-order chi connectivity index (χ0) is 25.8. The standard InChI is InChI=1S/C31H40N4O2/c1-22(2)24-9-10-28-26(19-24)27(20-29(33-28)23-11-13-32-14-12-23)31(36)35(17-18-37-3)21-25-7-6-16-34-15-5-4-8-30(25)34/h9-14,19-20,22,25,30H,4-8,15-18,21H2,1-3H3/t25-,30+/m0/s1. The first-order valence-corrected chi connectivity index (χ1v) is 13.9. The number of piperidine rings is 2. The van der Waals surface area contributed by atoms with Crippen molar-refractivity contribution in [2.24, 2.45) is 5.92 Å². The first kappa shape index (κ1) is 25.8. The summed E-state index contributed by atoms with van der Waals surface area (Å²) in [5.74, 6) is 0.957. The second-order valence-electron chi connectivity index (χ2n) is 11.0. The van der Waals surface area contributed by atoms with Crippen molar-refractivity contribution in [1.29, 1.82) is 0 Å². The molecule has 0 unspecified atom stereocenters. The minimum atomic E-state index is 0.0774. The van der Waals surface area contributed by atoms with Crippen LogP contribution in [0.5, 0.6) is 0 Å². The summed E-state index contributed by atoms with van der Waals surface area (Å²) in [5.41, 5.74) is 4.57. The van der Waals surface area contributed by atoms with Crippen molar-refractivity contribution in [2.45, 2.75) is 57.9 Å². The van der Waals surface area contributed by atoms with Crippen molar-refractivity contribution in [3.05, 3.63) is 59.9 Å². The van der Waals surface area contributed by atoms with E-state index >= 15 is 0 Å². The van der Waals surface area contributed by atoms with Crippen molar-refractivity contribution < 1.29 is 9.53 Å². The van der Waals surface area contributed by atoms with Crippen LogP contribution in [-0.2, 0) is 4.74 Å². The lowest BCUT2D eigenvalue weighted by atomic mass is 9.83. The maximum atomic E-state index is 14.4. The third-order valence-corrected chi connectivity index (χ3v) is 8.24. The number of carbonyl (C=O) groups is 1. The Labute approximate surface area is 221 Å². The third-order valence-electron chi connectivity index (χ3n) is 8.24. The summed E-state index contributed by atoms with van der Waals surface area (Å²) in [7, 11) is 1.71. The number of rotatable bonds is 8. The molecular weight excluding hydrogens is 460 g/mol. The number of amides is 1. The van der Waals surface area contributed by atoms with E-state index in [1.54, 1.807) is 19.5 Å². The lowest BCUT2D eigenvalue weighted by Gasteiger charge is -2.45. The molecule has 2 fully saturated rings. The van der Waals surface area contributed by atoms with E-state index in [1.165, 1.54) is 50.8 Å². The predicted octanol–water partition coefficient (Wildman–Crippen LogP) is 5.77. The zero-order valence-electron chi connectivity index (χ0n) is 22.5. The van der Waals surface area contributed by atoms with E-state index in [2.05, 4.69) is 46.8 Å². The highest BCUT2D eigenvalue weighted by Gasteiger charge is 2.35. The molecule has 2 aromatic heterocycles. The topological polar surface area (TPSA) is 58.6 Å². The van der Waals surface area contributed by atoms with Crippen LogP contribution in [0, 0.1) is 5.92 Å². The molecule has 6 nitrogen and oxygen atoms in total. The van der Waals surface area contributed by atoms with E-state index < -0.39 is 0 Å². The van der Waals surface area contributed by atoms with Crippen LogP contribution in [0.25, 0.3) is 22.2 Å². The van der Waals surface area contributed by atoms with Gasteiger partial charge in [0.2, 0.25) is 0 Å². The second-order valence-corrected chi connectivity index (χ2v) is 11.0. The molecule has 37 heavy (non-hydrogen) atoms. The molecule has 0 N–H and O–H groups in total. The van der Waals surface area contributed by atoms with Crippen LogP contribution in [0.3, 0.4) is 0 Å². The molecule has 196 valence electrons. The quantitative estimate of drug-likeness (QED) is 0.393. The Morgan fingerprint density at radius 1 is 1.08 bits per heavy atom. The van der Waals surface area contributed by atoms with E-state index in [0.717, 1.165) is 34.3 Å². The highest BCUT2D eigenvalue weighted by molar-refractivity contribution is 6.07. The number of carbonyl (C=O) groups excluding carboxylic acids is 1. The van der Waals surface area contributed by atoms with E-state index in [1.807, 2.05) is 18.2 Å². The summed E-state index contributed by atoms with van der Waals surface area (Å²) in [6.07, 6.45) is 9.80. The van der Waals surface area contributed by atoms with E-state index in [4.69, 9.17) is 9.72 Å². The first-order chi connectivity index (χ1) is 18.0. The highest BCUT2D eigenvalue weighted by atomic mass is 16.5. The Balaban J connectivity index is 1.54. The van der Waals surface area contributed by atoms with Crippen LogP contribution < -0.4 is 0 Å². The maximum absolute atomic E-state index is 14.4. The number of hydrogen-bond donors (Lipinski definition) is 0. The van der Waals surface area contributed by atoms with Gasteiger partial charge >= 0.3 is 0 Å². The normalized spacial score (nSPS) is 20.2. The average Bonchev–Trinajstić information content (AvgIpc) is 2.94. The molecule has 0 radical (unpaired) electrons. The number of aromatic nitrogens is 2. The molecule has 2 atom stereocenters. The van der Waals surface area contributed by atoms with Gasteiger partial charge < -0.3 is 14.5 Å². The average molecular weight is 501 g/mol. The zero-order valence-corrected chi connectivity index (χ0v) is 22.5. The fraction of sp³-hybridized carbons (Fsp3) is 0.516. The van der Waals surface area contributed by atoms with Crippen LogP contribution in [0.15, 0.2) is 48.8 Å². The van der Waals surface area contributed by atoms with Crippen LogP contribution in [-0.4, -0.2) is 71.6 Å². The minimum Gasteiger partial charge on any atom is -0.383 e. The molecular formula is C31H40N4O2. The Hall–Kier alpha value is -2.83. The molecule has 1 aromatic carbocycles. The van der Waals surface area contributed by atoms with Crippen LogP contribution >= 0.6 is 0 Å². The largest absolute Gasteiger partial charge is 0.383 e. The van der Waals surface area contributed by atoms with Gasteiger partial charge in [-0.3, -0.25) is 9.78 Å². The molecule has 2 aliphatic heterocycles. The van der Waals surface area contributed by atoms with Crippen molar-refractivity contribution in [3.63, 3.8) is 0 Å². The molecule has 5 rings (SSSR count). The number of nitrogens with zero attached hydrogens (tertiary/aromatic N) is 4. The van der Waals surface area contributed by atoms with Gasteiger partial charge in [0.25, 0.3) is 5.91 Å². The maximum Gasteiger partial charge on any atom is 0.254 e. The van der Waals surface area contributed by atoms with Gasteiger partial charge in [-0.2, -0.15) is 0 Å². The van der Waals surface area contributed by atoms with E-state index in [9.17, 15) is 4.79 Å². The molecule has 0 saturated carbocycles. The summed E-state index contributed by atoms with van der Waals surface area (Å²) >= 11 is 0. The number of ether oxygens (including phenoxy) is 1. The smallest absolute Gasteiger partial charge is 0.254 e. The van der Waals surface area contributed by atoms with Crippen molar-refractivity contribution in [1.82, 2.24) is 19.8 Å². The molecule has 3 aromatic rings. The summed E-state index contributed by atoms with van der Waals surface area (Å²) in [4.78, 5) is 28.2. The van der Waals surface area contributed by atoms with Gasteiger partial charge in [0, 0.05) is 49.6 Å². The Kier molecular flexibility index (Phi) is 8.16. The summed E-state index contributed by atoms with van der Waals surface area (Å²) in [6, 6.07) is 12.8. The SMILES string of the molecule is COCCN(C[C@@H]1CCCN2CCCC[C@H]12)C(=O)c1cc(-c2ccncc2)nc2ccc(C(C)C)cc12. The fourth-order valence-electron chi connectivity index (χ4n) is 6.17. The van der Waals surface area contributed by atoms with Gasteiger partial charge in [0.05, 0.1) is 23.4 Å². The molecule has 6 heteroatoms. The predicted molar refractivity (Wildman–Crippen MR) is 149 cm³/mol. The summed E-state index contributed by atoms with van der Waals surface area (Å²) < 4.78 is 5.46. The molecule has 1 amide bonds. The number of fused-ring (bicyclic) bond motifs is 2. The van der Waals surface area contributed by atoms with Gasteiger partial charge in [-0.05, 0) is 86.5 Å². The molecule has 2 saturated heterocycles. The number of pyridine rings is 2. The third kappa shape index (κ3) is 5.70. The number of methoxy groups -OCH3 is 1.